The Bertz CT molecular complexity index is 1040. The van der Waals surface area contributed by atoms with Crippen LogP contribution in [0.2, 0.25) is 0 Å². The lowest BCUT2D eigenvalue weighted by Crippen LogP contribution is -2.14. The Morgan fingerprint density at radius 1 is 1.09 bits per heavy atom. The molecule has 0 atom stereocenters. The molecule has 3 rings (SSSR count). The fraction of sp³-hybridized carbons (Fsp3) is 0.188. The van der Waals surface area contributed by atoms with E-state index in [1.807, 2.05) is 6.92 Å². The van der Waals surface area contributed by atoms with Crippen LogP contribution in [0.15, 0.2) is 44.4 Å². The zero-order valence-corrected chi connectivity index (χ0v) is 14.5. The summed E-state index contributed by atoms with van der Waals surface area (Å²) < 4.78 is 33.5. The SMILES string of the molecule is Cc1ccc(S(=O)(=O)Nc2cc(C)c3oc(=O)sc3c2C)cc1. The number of sulfonamides is 1. The smallest absolute Gasteiger partial charge is 0.396 e. The van der Waals surface area contributed by atoms with Crippen molar-refractivity contribution in [3.63, 3.8) is 0 Å². The van der Waals surface area contributed by atoms with Gasteiger partial charge in [-0.2, -0.15) is 0 Å². The summed E-state index contributed by atoms with van der Waals surface area (Å²) in [5.74, 6) is 0. The van der Waals surface area contributed by atoms with Gasteiger partial charge < -0.3 is 4.42 Å². The second-order valence-corrected chi connectivity index (χ2v) is 8.03. The van der Waals surface area contributed by atoms with Crippen LogP contribution >= 0.6 is 11.3 Å². The van der Waals surface area contributed by atoms with Crippen LogP contribution in [-0.4, -0.2) is 8.42 Å². The first-order valence-electron chi connectivity index (χ1n) is 6.91. The maximum atomic E-state index is 12.5. The van der Waals surface area contributed by atoms with Crippen molar-refractivity contribution in [2.45, 2.75) is 25.7 Å². The topological polar surface area (TPSA) is 76.4 Å². The Balaban J connectivity index is 2.09. The van der Waals surface area contributed by atoms with Crippen molar-refractivity contribution in [3.8, 4) is 0 Å². The van der Waals surface area contributed by atoms with Crippen molar-refractivity contribution in [1.29, 1.82) is 0 Å². The van der Waals surface area contributed by atoms with Gasteiger partial charge in [0.1, 0.15) is 0 Å². The summed E-state index contributed by atoms with van der Waals surface area (Å²) in [6, 6.07) is 8.30. The van der Waals surface area contributed by atoms with Crippen LogP contribution in [0.25, 0.3) is 10.3 Å². The van der Waals surface area contributed by atoms with E-state index in [-0.39, 0.29) is 4.90 Å². The van der Waals surface area contributed by atoms with Gasteiger partial charge in [0.25, 0.3) is 10.0 Å². The molecule has 120 valence electrons. The van der Waals surface area contributed by atoms with E-state index in [0.29, 0.717) is 27.1 Å². The lowest BCUT2D eigenvalue weighted by atomic mass is 10.1. The summed E-state index contributed by atoms with van der Waals surface area (Å²) >= 11 is 0.974. The van der Waals surface area contributed by atoms with Gasteiger partial charge in [-0.05, 0) is 50.1 Å². The molecule has 0 aliphatic heterocycles. The molecule has 3 aromatic rings. The van der Waals surface area contributed by atoms with Crippen molar-refractivity contribution >= 4 is 37.3 Å². The summed E-state index contributed by atoms with van der Waals surface area (Å²) in [4.78, 5) is 11.3. The first-order chi connectivity index (χ1) is 10.8. The molecular formula is C16H15NO4S2. The average Bonchev–Trinajstić information content (AvgIpc) is 2.87. The van der Waals surface area contributed by atoms with E-state index in [4.69, 9.17) is 4.42 Å². The highest BCUT2D eigenvalue weighted by atomic mass is 32.2. The van der Waals surface area contributed by atoms with Crippen molar-refractivity contribution < 1.29 is 12.8 Å². The Kier molecular flexibility index (Phi) is 3.77. The summed E-state index contributed by atoms with van der Waals surface area (Å²) in [5.41, 5.74) is 3.34. The molecule has 2 aromatic carbocycles. The highest BCUT2D eigenvalue weighted by molar-refractivity contribution is 7.92. The summed E-state index contributed by atoms with van der Waals surface area (Å²) in [6.07, 6.45) is 0. The van der Waals surface area contributed by atoms with Crippen LogP contribution in [0.4, 0.5) is 5.69 Å². The molecule has 0 aliphatic rings. The number of rotatable bonds is 3. The van der Waals surface area contributed by atoms with Crippen molar-refractivity contribution in [1.82, 2.24) is 0 Å². The normalized spacial score (nSPS) is 11.8. The quantitative estimate of drug-likeness (QED) is 0.784. The summed E-state index contributed by atoms with van der Waals surface area (Å²) in [6.45, 7) is 5.44. The zero-order valence-electron chi connectivity index (χ0n) is 12.8. The third-order valence-corrected chi connectivity index (χ3v) is 5.94. The predicted octanol–water partition coefficient (Wildman–Crippen LogP) is 3.58. The highest BCUT2D eigenvalue weighted by Crippen LogP contribution is 2.32. The number of anilines is 1. The van der Waals surface area contributed by atoms with E-state index >= 15 is 0 Å². The molecule has 0 aliphatic carbocycles. The van der Waals surface area contributed by atoms with Gasteiger partial charge in [-0.1, -0.05) is 29.0 Å². The standard InChI is InChI=1S/C16H15NO4S2/c1-9-4-6-12(7-5-9)23(19,20)17-13-8-10(2)14-15(11(13)3)22-16(18)21-14/h4-8,17H,1-3H3. The van der Waals surface area contributed by atoms with Crippen molar-refractivity contribution in [3.05, 3.63) is 56.8 Å². The summed E-state index contributed by atoms with van der Waals surface area (Å²) in [7, 11) is -3.69. The zero-order chi connectivity index (χ0) is 16.8. The van der Waals surface area contributed by atoms with Gasteiger partial charge in [0, 0.05) is 0 Å². The van der Waals surface area contributed by atoms with Crippen LogP contribution in [0, 0.1) is 20.8 Å². The molecule has 7 heteroatoms. The van der Waals surface area contributed by atoms with E-state index in [9.17, 15) is 13.2 Å². The second kappa shape index (κ2) is 5.50. The number of fused-ring (bicyclic) bond motifs is 1. The lowest BCUT2D eigenvalue weighted by molar-refractivity contribution is 0.583. The molecule has 23 heavy (non-hydrogen) atoms. The molecule has 1 aromatic heterocycles. The van der Waals surface area contributed by atoms with E-state index in [1.165, 1.54) is 0 Å². The molecule has 0 unspecified atom stereocenters. The first-order valence-corrected chi connectivity index (χ1v) is 9.21. The number of benzene rings is 2. The third kappa shape index (κ3) is 2.89. The molecular weight excluding hydrogens is 334 g/mol. The molecule has 0 spiro atoms. The fourth-order valence-electron chi connectivity index (χ4n) is 2.33. The second-order valence-electron chi connectivity index (χ2n) is 5.40. The molecule has 0 bridgehead atoms. The minimum atomic E-state index is -3.69. The maximum absolute atomic E-state index is 12.5. The molecule has 0 saturated heterocycles. The molecule has 0 amide bonds. The Morgan fingerprint density at radius 2 is 1.74 bits per heavy atom. The van der Waals surface area contributed by atoms with Gasteiger partial charge in [0.15, 0.2) is 5.58 Å². The lowest BCUT2D eigenvalue weighted by Gasteiger charge is -2.12. The average molecular weight is 349 g/mol. The Hall–Kier alpha value is -2.12. The van der Waals surface area contributed by atoms with Gasteiger partial charge in [-0.25, -0.2) is 13.2 Å². The van der Waals surface area contributed by atoms with Crippen molar-refractivity contribution in [2.75, 3.05) is 4.72 Å². The number of hydrogen-bond acceptors (Lipinski definition) is 5. The third-order valence-electron chi connectivity index (χ3n) is 3.62. The minimum Gasteiger partial charge on any atom is -0.414 e. The largest absolute Gasteiger partial charge is 0.414 e. The van der Waals surface area contributed by atoms with E-state index < -0.39 is 15.0 Å². The van der Waals surface area contributed by atoms with Gasteiger partial charge in [0.05, 0.1) is 15.3 Å². The van der Waals surface area contributed by atoms with Gasteiger partial charge in [-0.15, -0.1) is 0 Å². The van der Waals surface area contributed by atoms with Crippen LogP contribution in [0.3, 0.4) is 0 Å². The molecule has 5 nitrogen and oxygen atoms in total. The van der Waals surface area contributed by atoms with Crippen molar-refractivity contribution in [2.24, 2.45) is 0 Å². The van der Waals surface area contributed by atoms with E-state index in [0.717, 1.165) is 16.9 Å². The molecule has 0 fully saturated rings. The minimum absolute atomic E-state index is 0.195. The van der Waals surface area contributed by atoms with Crippen LogP contribution in [0.1, 0.15) is 16.7 Å². The number of aryl methyl sites for hydroxylation is 3. The summed E-state index contributed by atoms with van der Waals surface area (Å²) in [5, 5.41) is 0. The maximum Gasteiger partial charge on any atom is 0.396 e. The van der Waals surface area contributed by atoms with Gasteiger partial charge >= 0.3 is 4.94 Å². The van der Waals surface area contributed by atoms with Crippen LogP contribution < -0.4 is 9.66 Å². The van der Waals surface area contributed by atoms with Crippen LogP contribution in [-0.2, 0) is 10.0 Å². The number of nitrogens with one attached hydrogen (secondary N) is 1. The molecule has 0 saturated carbocycles. The van der Waals surface area contributed by atoms with E-state index in [2.05, 4.69) is 4.72 Å². The van der Waals surface area contributed by atoms with Gasteiger partial charge in [-0.3, -0.25) is 4.72 Å². The highest BCUT2D eigenvalue weighted by Gasteiger charge is 2.18. The molecule has 1 N–H and O–H groups in total. The first kappa shape index (κ1) is 15.8. The van der Waals surface area contributed by atoms with Crippen LogP contribution in [0.5, 0.6) is 0 Å². The van der Waals surface area contributed by atoms with Gasteiger partial charge in [0.2, 0.25) is 0 Å². The monoisotopic (exact) mass is 349 g/mol. The van der Waals surface area contributed by atoms with E-state index in [1.54, 1.807) is 44.2 Å². The number of hydrogen-bond donors (Lipinski definition) is 1. The molecule has 0 radical (unpaired) electrons. The predicted molar refractivity (Wildman–Crippen MR) is 91.8 cm³/mol. The fourth-order valence-corrected chi connectivity index (χ4v) is 4.29. The Labute approximate surface area is 137 Å². The Morgan fingerprint density at radius 3 is 2.39 bits per heavy atom. The molecule has 1 heterocycles.